The zero-order valence-electron chi connectivity index (χ0n) is 9.26. The van der Waals surface area contributed by atoms with Gasteiger partial charge in [-0.1, -0.05) is 20.4 Å². The predicted molar refractivity (Wildman–Crippen MR) is 84.9 cm³/mol. The minimum Gasteiger partial charge on any atom is -0.209 e. The first-order valence-electron chi connectivity index (χ1n) is 4.66. The highest BCUT2D eigenvalue weighted by Gasteiger charge is 2.32. The number of hydrogen-bond donors (Lipinski definition) is 0. The first-order chi connectivity index (χ1) is 7.60. The van der Waals surface area contributed by atoms with Crippen LogP contribution in [0.3, 0.4) is 0 Å². The zero-order valence-corrected chi connectivity index (χ0v) is 15.0. The Kier molecular flexibility index (Phi) is 5.59. The quantitative estimate of drug-likeness (QED) is 0.356. The van der Waals surface area contributed by atoms with E-state index in [1.165, 1.54) is 0 Å². The van der Waals surface area contributed by atoms with Gasteiger partial charge in [0.05, 0.1) is 0 Å². The summed E-state index contributed by atoms with van der Waals surface area (Å²) in [6.07, 6.45) is 0.702. The van der Waals surface area contributed by atoms with Crippen molar-refractivity contribution in [3.05, 3.63) is 18.1 Å². The number of hydrogen-bond acceptors (Lipinski definition) is 3. The van der Waals surface area contributed by atoms with E-state index in [2.05, 4.69) is 39.7 Å². The van der Waals surface area contributed by atoms with Crippen molar-refractivity contribution >= 4 is 64.0 Å². The molecule has 1 atom stereocenters. The first-order valence-corrected chi connectivity index (χ1v) is 13.6. The standard InChI is InChI=1S/C7H12Cl4N3P3/c1-4-5-15(6-7(2)3)12-16(8,9)14-17(10,11)13-15/h5,7H,1,6H2,2-3H3. The van der Waals surface area contributed by atoms with Gasteiger partial charge in [0, 0.05) is 12.0 Å². The van der Waals surface area contributed by atoms with Crippen molar-refractivity contribution in [1.82, 2.24) is 0 Å². The largest absolute Gasteiger partial charge is 0.255 e. The van der Waals surface area contributed by atoms with Crippen LogP contribution in [0.15, 0.2) is 31.7 Å². The van der Waals surface area contributed by atoms with Crippen LogP contribution in [0.4, 0.5) is 0 Å². The van der Waals surface area contributed by atoms with Gasteiger partial charge in [0.25, 0.3) is 11.8 Å². The van der Waals surface area contributed by atoms with Crippen LogP contribution in [-0.4, -0.2) is 6.16 Å². The Morgan fingerprint density at radius 3 is 2.06 bits per heavy atom. The lowest BCUT2D eigenvalue weighted by atomic mass is 10.3. The van der Waals surface area contributed by atoms with Gasteiger partial charge >= 0.3 is 0 Å². The topological polar surface area (TPSA) is 37.1 Å². The Morgan fingerprint density at radius 2 is 1.65 bits per heavy atom. The molecule has 1 aliphatic rings. The molecule has 0 fully saturated rings. The van der Waals surface area contributed by atoms with E-state index in [1.807, 2.05) is 0 Å². The summed E-state index contributed by atoms with van der Waals surface area (Å²) in [5.41, 5.74) is 2.71. The monoisotopic (exact) mass is 371 g/mol. The van der Waals surface area contributed by atoms with Gasteiger partial charge in [-0.25, -0.2) is 9.03 Å². The molecule has 98 valence electrons. The summed E-state index contributed by atoms with van der Waals surface area (Å²) in [6.45, 7) is 7.66. The van der Waals surface area contributed by atoms with E-state index in [0.29, 0.717) is 12.1 Å². The molecule has 0 bridgehead atoms. The molecule has 1 unspecified atom stereocenters. The van der Waals surface area contributed by atoms with Crippen LogP contribution >= 0.6 is 64.0 Å². The molecule has 0 N–H and O–H groups in total. The maximum atomic E-state index is 6.06. The molecule has 0 radical (unpaired) electrons. The van der Waals surface area contributed by atoms with E-state index >= 15 is 0 Å². The number of rotatable bonds is 3. The van der Waals surface area contributed by atoms with Crippen molar-refractivity contribution in [3.63, 3.8) is 0 Å². The molecule has 3 nitrogen and oxygen atoms in total. The van der Waals surface area contributed by atoms with Crippen LogP contribution in [0, 0.1) is 5.92 Å². The van der Waals surface area contributed by atoms with Crippen molar-refractivity contribution in [2.24, 2.45) is 19.5 Å². The van der Waals surface area contributed by atoms with Crippen molar-refractivity contribution in [2.45, 2.75) is 13.8 Å². The van der Waals surface area contributed by atoms with Crippen LogP contribution in [0.1, 0.15) is 13.8 Å². The van der Waals surface area contributed by atoms with Crippen molar-refractivity contribution < 1.29 is 0 Å². The molecule has 0 amide bonds. The second-order valence-corrected chi connectivity index (χ2v) is 16.7. The van der Waals surface area contributed by atoms with Crippen LogP contribution in [-0.2, 0) is 0 Å². The van der Waals surface area contributed by atoms with Gasteiger partial charge < -0.3 is 0 Å². The maximum Gasteiger partial charge on any atom is 0.255 e. The lowest BCUT2D eigenvalue weighted by Gasteiger charge is -2.25. The molecule has 0 aromatic rings. The molecule has 1 rings (SSSR count). The Morgan fingerprint density at radius 1 is 1.12 bits per heavy atom. The number of nitrogens with zero attached hydrogens (tertiary/aromatic N) is 3. The fourth-order valence-corrected chi connectivity index (χ4v) is 18.3. The van der Waals surface area contributed by atoms with Crippen LogP contribution in [0.25, 0.3) is 0 Å². The Bertz CT molecular complexity index is 513. The minimum atomic E-state index is -2.83. The van der Waals surface area contributed by atoms with Gasteiger partial charge in [0.2, 0.25) is 0 Å². The van der Waals surface area contributed by atoms with Gasteiger partial charge in [-0.2, -0.15) is 4.52 Å². The molecule has 0 aliphatic carbocycles. The van der Waals surface area contributed by atoms with Crippen LogP contribution in [0.2, 0.25) is 0 Å². The molecule has 17 heavy (non-hydrogen) atoms. The summed E-state index contributed by atoms with van der Waals surface area (Å²) in [6, 6.07) is 0. The summed E-state index contributed by atoms with van der Waals surface area (Å²) in [5.74, 6) is -3.59. The first kappa shape index (κ1) is 16.4. The predicted octanol–water partition coefficient (Wildman–Crippen LogP) is 7.92. The van der Waals surface area contributed by atoms with E-state index < -0.39 is 19.0 Å². The van der Waals surface area contributed by atoms with Gasteiger partial charge in [0.15, 0.2) is 0 Å². The molecule has 0 aromatic carbocycles. The highest BCUT2D eigenvalue weighted by molar-refractivity contribution is 8.21. The normalized spacial score (nSPS) is 29.6. The highest BCUT2D eigenvalue weighted by atomic mass is 35.9. The van der Waals surface area contributed by atoms with Gasteiger partial charge in [-0.15, -0.1) is 5.73 Å². The second-order valence-electron chi connectivity index (χ2n) is 3.88. The lowest BCUT2D eigenvalue weighted by Crippen LogP contribution is -1.95. The molecule has 0 saturated carbocycles. The van der Waals surface area contributed by atoms with Crippen molar-refractivity contribution in [1.29, 1.82) is 0 Å². The van der Waals surface area contributed by atoms with Crippen LogP contribution < -0.4 is 0 Å². The fraction of sp³-hybridized carbons (Fsp3) is 0.571. The summed E-state index contributed by atoms with van der Waals surface area (Å²) >= 11 is 24.2. The maximum absolute atomic E-state index is 6.06. The summed E-state index contributed by atoms with van der Waals surface area (Å²) in [7, 11) is -2.26. The van der Waals surface area contributed by atoms with Crippen molar-refractivity contribution in [3.8, 4) is 0 Å². The van der Waals surface area contributed by atoms with E-state index in [9.17, 15) is 0 Å². The molecular formula is C7H12Cl4N3P3. The molecule has 1 heterocycles. The smallest absolute Gasteiger partial charge is 0.209 e. The average molecular weight is 373 g/mol. The van der Waals surface area contributed by atoms with E-state index in [-0.39, 0.29) is 0 Å². The highest BCUT2D eigenvalue weighted by Crippen LogP contribution is 2.85. The third-order valence-electron chi connectivity index (χ3n) is 1.67. The molecule has 1 aliphatic heterocycles. The SMILES string of the molecule is C=C=CP1(CC(C)C)=NP(Cl)(Cl)=NP(Cl)(Cl)=N1. The van der Waals surface area contributed by atoms with E-state index in [1.54, 1.807) is 5.82 Å². The Hall–Kier alpha value is 1.37. The van der Waals surface area contributed by atoms with Gasteiger partial charge in [-0.05, 0) is 50.9 Å². The third kappa shape index (κ3) is 5.10. The average Bonchev–Trinajstić information content (AvgIpc) is 1.93. The van der Waals surface area contributed by atoms with E-state index in [4.69, 9.17) is 45.0 Å². The fourth-order valence-electron chi connectivity index (χ4n) is 1.42. The third-order valence-corrected chi connectivity index (χ3v) is 14.3. The summed E-state index contributed by atoms with van der Waals surface area (Å²) in [4.78, 5) is 0. The minimum absolute atomic E-state index is 0.361. The number of halogens is 4. The summed E-state index contributed by atoms with van der Waals surface area (Å²) in [5, 5.41) is 0. The molecular weight excluding hydrogens is 361 g/mol. The van der Waals surface area contributed by atoms with E-state index in [0.717, 1.165) is 0 Å². The van der Waals surface area contributed by atoms with Gasteiger partial charge in [-0.3, -0.25) is 0 Å². The van der Waals surface area contributed by atoms with Crippen LogP contribution in [0.5, 0.6) is 0 Å². The zero-order chi connectivity index (χ0) is 13.3. The Labute approximate surface area is 121 Å². The molecule has 0 spiro atoms. The van der Waals surface area contributed by atoms with Gasteiger partial charge in [0.1, 0.15) is 7.21 Å². The molecule has 10 heteroatoms. The second kappa shape index (κ2) is 5.78. The molecule has 0 saturated heterocycles. The molecule has 0 aromatic heterocycles. The lowest BCUT2D eigenvalue weighted by molar-refractivity contribution is 0.743. The Balaban J connectivity index is 3.54. The summed E-state index contributed by atoms with van der Waals surface area (Å²) < 4.78 is 12.7. The van der Waals surface area contributed by atoms with Crippen molar-refractivity contribution in [2.75, 3.05) is 6.16 Å².